The third-order valence-electron chi connectivity index (χ3n) is 2.62. The van der Waals surface area contributed by atoms with Gasteiger partial charge in [0.15, 0.2) is 5.78 Å². The van der Waals surface area contributed by atoms with Crippen LogP contribution in [0.3, 0.4) is 0 Å². The van der Waals surface area contributed by atoms with Gasteiger partial charge in [0.2, 0.25) is 0 Å². The van der Waals surface area contributed by atoms with Crippen LogP contribution in [0.4, 0.5) is 0 Å². The number of Topliss-reactive ketones (excluding diaryl/α,β-unsaturated/α-hetero) is 1. The standard InChI is InChI=1S/C12H10N2O/c15-10-5-6-12-13-11-4-2-1-3-9(11)7-14(12)8-10/h1-4,6-7H,5,8H2. The van der Waals surface area contributed by atoms with Crippen molar-refractivity contribution in [1.29, 1.82) is 0 Å². The summed E-state index contributed by atoms with van der Waals surface area (Å²) in [5.74, 6) is 1.14. The lowest BCUT2D eigenvalue weighted by Crippen LogP contribution is -2.38. The van der Waals surface area contributed by atoms with Crippen LogP contribution < -0.4 is 10.6 Å². The van der Waals surface area contributed by atoms with Crippen LogP contribution in [-0.2, 0) is 4.79 Å². The van der Waals surface area contributed by atoms with Crippen LogP contribution >= 0.6 is 0 Å². The first-order valence-corrected chi connectivity index (χ1v) is 4.97. The summed E-state index contributed by atoms with van der Waals surface area (Å²) in [6, 6.07) is 7.95. The van der Waals surface area contributed by atoms with E-state index < -0.39 is 0 Å². The SMILES string of the molecule is O=C1CC=C2N=c3ccccc3=CN2C1. The normalized spacial score (nSPS) is 18.3. The first kappa shape index (κ1) is 8.41. The molecule has 3 heteroatoms. The second-order valence-electron chi connectivity index (χ2n) is 3.73. The lowest BCUT2D eigenvalue weighted by atomic mass is 10.1. The highest BCUT2D eigenvalue weighted by atomic mass is 16.1. The highest BCUT2D eigenvalue weighted by molar-refractivity contribution is 5.84. The Bertz CT molecular complexity index is 572. The summed E-state index contributed by atoms with van der Waals surface area (Å²) in [6.45, 7) is 0.448. The molecule has 0 atom stereocenters. The summed E-state index contributed by atoms with van der Waals surface area (Å²) in [6.07, 6.45) is 4.38. The fraction of sp³-hybridized carbons (Fsp3) is 0.167. The van der Waals surface area contributed by atoms with Crippen molar-refractivity contribution in [3.05, 3.63) is 46.7 Å². The van der Waals surface area contributed by atoms with Crippen molar-refractivity contribution in [3.63, 3.8) is 0 Å². The molecule has 3 rings (SSSR count). The largest absolute Gasteiger partial charge is 0.325 e. The van der Waals surface area contributed by atoms with E-state index >= 15 is 0 Å². The van der Waals surface area contributed by atoms with Crippen molar-refractivity contribution < 1.29 is 4.79 Å². The Labute approximate surface area is 87.0 Å². The molecule has 0 spiro atoms. The zero-order valence-corrected chi connectivity index (χ0v) is 8.18. The van der Waals surface area contributed by atoms with Crippen LogP contribution in [0.15, 0.2) is 41.2 Å². The zero-order valence-electron chi connectivity index (χ0n) is 8.18. The molecule has 0 radical (unpaired) electrons. The monoisotopic (exact) mass is 198 g/mol. The number of carbonyl (C=O) groups excluding carboxylic acids is 1. The Morgan fingerprint density at radius 3 is 3.07 bits per heavy atom. The Morgan fingerprint density at radius 2 is 2.13 bits per heavy atom. The van der Waals surface area contributed by atoms with Crippen LogP contribution in [0.25, 0.3) is 6.20 Å². The molecular formula is C12H10N2O. The average Bonchev–Trinajstić information content (AvgIpc) is 2.26. The van der Waals surface area contributed by atoms with Crippen LogP contribution in [0.5, 0.6) is 0 Å². The molecule has 0 saturated heterocycles. The van der Waals surface area contributed by atoms with E-state index in [1.54, 1.807) is 0 Å². The summed E-state index contributed by atoms with van der Waals surface area (Å²) in [7, 11) is 0. The molecular weight excluding hydrogens is 188 g/mol. The van der Waals surface area contributed by atoms with Gasteiger partial charge in [-0.25, -0.2) is 4.99 Å². The molecule has 1 aromatic carbocycles. The van der Waals surface area contributed by atoms with Crippen molar-refractivity contribution in [2.75, 3.05) is 6.54 Å². The van der Waals surface area contributed by atoms with Crippen LogP contribution in [0, 0.1) is 0 Å². The minimum atomic E-state index is 0.240. The van der Waals surface area contributed by atoms with E-state index in [9.17, 15) is 4.79 Å². The molecule has 1 aromatic rings. The van der Waals surface area contributed by atoms with Crippen molar-refractivity contribution in [3.8, 4) is 0 Å². The minimum absolute atomic E-state index is 0.240. The lowest BCUT2D eigenvalue weighted by Gasteiger charge is -2.25. The Balaban J connectivity index is 2.22. The van der Waals surface area contributed by atoms with Gasteiger partial charge in [0, 0.05) is 17.8 Å². The van der Waals surface area contributed by atoms with Gasteiger partial charge in [-0.05, 0) is 12.1 Å². The van der Waals surface area contributed by atoms with E-state index in [1.165, 1.54) is 0 Å². The molecule has 0 amide bonds. The maximum Gasteiger partial charge on any atom is 0.156 e. The number of carbonyl (C=O) groups is 1. The molecule has 2 aliphatic rings. The second kappa shape index (κ2) is 3.05. The summed E-state index contributed by atoms with van der Waals surface area (Å²) in [5.41, 5.74) is 0. The van der Waals surface area contributed by atoms with Gasteiger partial charge in [-0.1, -0.05) is 18.2 Å². The number of nitrogens with zero attached hydrogens (tertiary/aromatic N) is 2. The molecule has 0 fully saturated rings. The minimum Gasteiger partial charge on any atom is -0.325 e. The van der Waals surface area contributed by atoms with Crippen LogP contribution in [0.2, 0.25) is 0 Å². The highest BCUT2D eigenvalue weighted by Crippen LogP contribution is 2.14. The fourth-order valence-corrected chi connectivity index (χ4v) is 1.87. The molecule has 0 N–H and O–H groups in total. The molecule has 3 nitrogen and oxygen atoms in total. The summed E-state index contributed by atoms with van der Waals surface area (Å²) >= 11 is 0. The molecule has 2 aliphatic heterocycles. The van der Waals surface area contributed by atoms with Gasteiger partial charge in [-0.3, -0.25) is 4.79 Å². The number of ketones is 1. The topological polar surface area (TPSA) is 32.7 Å². The molecule has 0 unspecified atom stereocenters. The maximum absolute atomic E-state index is 11.3. The van der Waals surface area contributed by atoms with Crippen molar-refractivity contribution in [2.45, 2.75) is 6.42 Å². The molecule has 0 bridgehead atoms. The maximum atomic E-state index is 11.3. The van der Waals surface area contributed by atoms with E-state index in [-0.39, 0.29) is 5.78 Å². The third kappa shape index (κ3) is 1.36. The molecule has 0 aliphatic carbocycles. The van der Waals surface area contributed by atoms with E-state index in [0.717, 1.165) is 16.4 Å². The number of para-hydroxylation sites is 1. The lowest BCUT2D eigenvalue weighted by molar-refractivity contribution is -0.118. The number of allylic oxidation sites excluding steroid dienone is 1. The molecule has 0 aromatic heterocycles. The average molecular weight is 198 g/mol. The van der Waals surface area contributed by atoms with Crippen molar-refractivity contribution in [1.82, 2.24) is 4.90 Å². The molecule has 15 heavy (non-hydrogen) atoms. The van der Waals surface area contributed by atoms with Crippen molar-refractivity contribution >= 4 is 12.0 Å². The fourth-order valence-electron chi connectivity index (χ4n) is 1.87. The van der Waals surface area contributed by atoms with Gasteiger partial charge < -0.3 is 4.90 Å². The Hall–Kier alpha value is -1.90. The van der Waals surface area contributed by atoms with Gasteiger partial charge in [-0.2, -0.15) is 0 Å². The number of hydrogen-bond acceptors (Lipinski definition) is 3. The number of rotatable bonds is 0. The van der Waals surface area contributed by atoms with Gasteiger partial charge in [0.25, 0.3) is 0 Å². The first-order valence-electron chi connectivity index (χ1n) is 4.97. The summed E-state index contributed by atoms with van der Waals surface area (Å²) < 4.78 is 0. The van der Waals surface area contributed by atoms with Gasteiger partial charge in [0.1, 0.15) is 5.82 Å². The number of hydrogen-bond donors (Lipinski definition) is 0. The quantitative estimate of drug-likeness (QED) is 0.595. The van der Waals surface area contributed by atoms with Gasteiger partial charge >= 0.3 is 0 Å². The first-order chi connectivity index (χ1) is 7.33. The van der Waals surface area contributed by atoms with E-state index in [4.69, 9.17) is 0 Å². The summed E-state index contributed by atoms with van der Waals surface area (Å²) in [5, 5.41) is 2.05. The van der Waals surface area contributed by atoms with E-state index in [2.05, 4.69) is 4.99 Å². The number of fused-ring (bicyclic) bond motifs is 2. The predicted molar refractivity (Wildman–Crippen MR) is 56.1 cm³/mol. The Kier molecular flexibility index (Phi) is 1.71. The number of benzene rings is 1. The molecule has 2 heterocycles. The summed E-state index contributed by atoms with van der Waals surface area (Å²) in [4.78, 5) is 17.7. The predicted octanol–water partition coefficient (Wildman–Crippen LogP) is 0.174. The van der Waals surface area contributed by atoms with Gasteiger partial charge in [0.05, 0.1) is 11.9 Å². The second-order valence-corrected chi connectivity index (χ2v) is 3.73. The van der Waals surface area contributed by atoms with E-state index in [1.807, 2.05) is 41.4 Å². The molecule has 74 valence electrons. The highest BCUT2D eigenvalue weighted by Gasteiger charge is 2.18. The zero-order chi connectivity index (χ0) is 10.3. The molecule has 0 saturated carbocycles. The Morgan fingerprint density at radius 1 is 1.27 bits per heavy atom. The van der Waals surface area contributed by atoms with Crippen LogP contribution in [0.1, 0.15) is 6.42 Å². The smallest absolute Gasteiger partial charge is 0.156 e. The van der Waals surface area contributed by atoms with Gasteiger partial charge in [-0.15, -0.1) is 0 Å². The van der Waals surface area contributed by atoms with Crippen molar-refractivity contribution in [2.24, 2.45) is 4.99 Å². The van der Waals surface area contributed by atoms with E-state index in [0.29, 0.717) is 13.0 Å². The van der Waals surface area contributed by atoms with Crippen LogP contribution in [-0.4, -0.2) is 17.2 Å². The third-order valence-corrected chi connectivity index (χ3v) is 2.62.